The van der Waals surface area contributed by atoms with Crippen LogP contribution in [-0.2, 0) is 8.85 Å². The summed E-state index contributed by atoms with van der Waals surface area (Å²) < 4.78 is 12.6. The highest BCUT2D eigenvalue weighted by Crippen LogP contribution is 2.20. The first-order chi connectivity index (χ1) is 13.6. The smallest absolute Gasteiger partial charge is 0.337 e. The maximum Gasteiger partial charge on any atom is 0.337 e. The molecule has 0 saturated carbocycles. The van der Waals surface area contributed by atoms with Crippen LogP contribution >= 0.6 is 0 Å². The summed E-state index contributed by atoms with van der Waals surface area (Å²) in [4.78, 5) is 0. The summed E-state index contributed by atoms with van der Waals surface area (Å²) in [5.74, 6) is 0.714. The molecule has 0 rings (SSSR count). The van der Waals surface area contributed by atoms with Gasteiger partial charge in [0.05, 0.1) is 0 Å². The highest BCUT2D eigenvalue weighted by atomic mass is 28.4. The van der Waals surface area contributed by atoms with Crippen molar-refractivity contribution in [2.24, 2.45) is 5.92 Å². The Kier molecular flexibility index (Phi) is 20.5. The van der Waals surface area contributed by atoms with Crippen molar-refractivity contribution in [3.63, 3.8) is 0 Å². The van der Waals surface area contributed by atoms with Gasteiger partial charge >= 0.3 is 8.56 Å². The molecule has 0 amide bonds. The SMILES string of the molecule is CCCCCCCCCCCCCCCCO[Si](CC)(CC)OCCC(C)C. The minimum absolute atomic E-state index is 0.714. The van der Waals surface area contributed by atoms with Gasteiger partial charge in [-0.25, -0.2) is 0 Å². The van der Waals surface area contributed by atoms with Crippen molar-refractivity contribution in [1.82, 2.24) is 0 Å². The largest absolute Gasteiger partial charge is 0.394 e. The van der Waals surface area contributed by atoms with E-state index in [0.717, 1.165) is 31.7 Å². The molecule has 0 aromatic rings. The highest BCUT2D eigenvalue weighted by molar-refractivity contribution is 6.67. The van der Waals surface area contributed by atoms with E-state index >= 15 is 0 Å². The molecule has 0 bridgehead atoms. The van der Waals surface area contributed by atoms with Gasteiger partial charge in [0.25, 0.3) is 0 Å². The Balaban J connectivity index is 3.48. The molecule has 0 aliphatic rings. The van der Waals surface area contributed by atoms with Crippen LogP contribution in [0.3, 0.4) is 0 Å². The van der Waals surface area contributed by atoms with Gasteiger partial charge in [-0.2, -0.15) is 0 Å². The third-order valence-electron chi connectivity index (χ3n) is 6.00. The molecule has 0 saturated heterocycles. The monoisotopic (exact) mass is 414 g/mol. The molecule has 0 aliphatic carbocycles. The summed E-state index contributed by atoms with van der Waals surface area (Å²) in [6, 6.07) is 2.17. The molecular weight excluding hydrogens is 360 g/mol. The number of unbranched alkanes of at least 4 members (excludes halogenated alkanes) is 13. The summed E-state index contributed by atoms with van der Waals surface area (Å²) in [7, 11) is -1.92. The van der Waals surface area contributed by atoms with Crippen molar-refractivity contribution in [3.05, 3.63) is 0 Å². The van der Waals surface area contributed by atoms with E-state index in [-0.39, 0.29) is 0 Å². The predicted octanol–water partition coefficient (Wildman–Crippen LogP) is 9.03. The summed E-state index contributed by atoms with van der Waals surface area (Å²) >= 11 is 0. The molecular formula is C25H54O2Si. The van der Waals surface area contributed by atoms with Gasteiger partial charge in [-0.1, -0.05) is 118 Å². The van der Waals surface area contributed by atoms with E-state index in [9.17, 15) is 0 Å². The molecule has 0 spiro atoms. The van der Waals surface area contributed by atoms with Crippen molar-refractivity contribution in [2.75, 3.05) is 13.2 Å². The molecule has 0 radical (unpaired) electrons. The van der Waals surface area contributed by atoms with E-state index < -0.39 is 8.56 Å². The lowest BCUT2D eigenvalue weighted by Crippen LogP contribution is -2.41. The van der Waals surface area contributed by atoms with Gasteiger partial charge in [0.15, 0.2) is 0 Å². The Hall–Kier alpha value is 0.137. The van der Waals surface area contributed by atoms with Crippen molar-refractivity contribution in [3.8, 4) is 0 Å². The molecule has 0 aromatic heterocycles. The summed E-state index contributed by atoms with van der Waals surface area (Å²) in [6.07, 6.45) is 20.9. The molecule has 170 valence electrons. The number of hydrogen-bond donors (Lipinski definition) is 0. The fourth-order valence-electron chi connectivity index (χ4n) is 3.74. The molecule has 0 fully saturated rings. The van der Waals surface area contributed by atoms with Crippen molar-refractivity contribution in [2.45, 2.75) is 143 Å². The van der Waals surface area contributed by atoms with E-state index in [2.05, 4.69) is 34.6 Å². The van der Waals surface area contributed by atoms with Gasteiger partial charge in [0, 0.05) is 13.2 Å². The lowest BCUT2D eigenvalue weighted by molar-refractivity contribution is 0.159. The Morgan fingerprint density at radius 3 is 1.32 bits per heavy atom. The van der Waals surface area contributed by atoms with Crippen LogP contribution < -0.4 is 0 Å². The first-order valence-corrected chi connectivity index (χ1v) is 15.1. The second-order valence-corrected chi connectivity index (χ2v) is 12.9. The molecule has 2 nitrogen and oxygen atoms in total. The van der Waals surface area contributed by atoms with Gasteiger partial charge < -0.3 is 8.85 Å². The van der Waals surface area contributed by atoms with E-state index in [4.69, 9.17) is 8.85 Å². The lowest BCUT2D eigenvalue weighted by atomic mass is 10.0. The average molecular weight is 415 g/mol. The maximum absolute atomic E-state index is 6.33. The number of hydrogen-bond acceptors (Lipinski definition) is 2. The van der Waals surface area contributed by atoms with Crippen molar-refractivity contribution >= 4 is 8.56 Å². The maximum atomic E-state index is 6.33. The standard InChI is InChI=1S/C25H54O2Si/c1-6-9-10-11-12-13-14-15-16-17-18-19-20-21-23-26-28(7-2,8-3)27-24-22-25(4)5/h25H,6-24H2,1-5H3. The van der Waals surface area contributed by atoms with Crippen LogP contribution in [0.15, 0.2) is 0 Å². The van der Waals surface area contributed by atoms with Crippen LogP contribution in [0.25, 0.3) is 0 Å². The first kappa shape index (κ1) is 28.1. The molecule has 0 aromatic carbocycles. The number of rotatable bonds is 22. The van der Waals surface area contributed by atoms with Crippen LogP contribution in [0.1, 0.15) is 131 Å². The Morgan fingerprint density at radius 1 is 0.536 bits per heavy atom. The zero-order valence-electron chi connectivity index (χ0n) is 20.3. The van der Waals surface area contributed by atoms with Crippen LogP contribution in [0, 0.1) is 5.92 Å². The first-order valence-electron chi connectivity index (χ1n) is 12.9. The minimum atomic E-state index is -1.92. The molecule has 0 unspecified atom stereocenters. The second-order valence-electron chi connectivity index (χ2n) is 9.09. The van der Waals surface area contributed by atoms with E-state index in [1.807, 2.05) is 0 Å². The van der Waals surface area contributed by atoms with Gasteiger partial charge in [-0.15, -0.1) is 0 Å². The minimum Gasteiger partial charge on any atom is -0.394 e. The highest BCUT2D eigenvalue weighted by Gasteiger charge is 2.33. The van der Waals surface area contributed by atoms with Gasteiger partial charge in [0.2, 0.25) is 0 Å². The fraction of sp³-hybridized carbons (Fsp3) is 1.00. The zero-order valence-corrected chi connectivity index (χ0v) is 21.3. The average Bonchev–Trinajstić information content (AvgIpc) is 2.69. The van der Waals surface area contributed by atoms with E-state index in [1.54, 1.807) is 0 Å². The van der Waals surface area contributed by atoms with Crippen molar-refractivity contribution in [1.29, 1.82) is 0 Å². The van der Waals surface area contributed by atoms with Crippen LogP contribution in [0.4, 0.5) is 0 Å². The topological polar surface area (TPSA) is 18.5 Å². The molecule has 0 aliphatic heterocycles. The second kappa shape index (κ2) is 20.4. The van der Waals surface area contributed by atoms with Crippen molar-refractivity contribution < 1.29 is 8.85 Å². The predicted molar refractivity (Wildman–Crippen MR) is 128 cm³/mol. The molecule has 28 heavy (non-hydrogen) atoms. The molecule has 0 N–H and O–H groups in total. The molecule has 0 atom stereocenters. The van der Waals surface area contributed by atoms with Crippen LogP contribution in [0.2, 0.25) is 12.1 Å². The zero-order chi connectivity index (χ0) is 20.9. The van der Waals surface area contributed by atoms with Gasteiger partial charge in [0.1, 0.15) is 0 Å². The normalized spacial score (nSPS) is 12.2. The third kappa shape index (κ3) is 17.0. The Morgan fingerprint density at radius 2 is 0.929 bits per heavy atom. The lowest BCUT2D eigenvalue weighted by Gasteiger charge is -2.29. The Bertz CT molecular complexity index is 303. The van der Waals surface area contributed by atoms with E-state index in [1.165, 1.54) is 89.9 Å². The van der Waals surface area contributed by atoms with Gasteiger partial charge in [-0.05, 0) is 30.8 Å². The third-order valence-corrected chi connectivity index (χ3v) is 9.62. The summed E-state index contributed by atoms with van der Waals surface area (Å²) in [6.45, 7) is 13.1. The Labute approximate surface area is 179 Å². The molecule has 0 heterocycles. The molecule has 3 heteroatoms. The van der Waals surface area contributed by atoms with Crippen LogP contribution in [0.5, 0.6) is 0 Å². The fourth-order valence-corrected chi connectivity index (χ4v) is 6.14. The quantitative estimate of drug-likeness (QED) is 0.130. The van der Waals surface area contributed by atoms with E-state index in [0.29, 0.717) is 5.92 Å². The summed E-state index contributed by atoms with van der Waals surface area (Å²) in [5.41, 5.74) is 0. The summed E-state index contributed by atoms with van der Waals surface area (Å²) in [5, 5.41) is 0. The van der Waals surface area contributed by atoms with Crippen LogP contribution in [-0.4, -0.2) is 21.8 Å². The van der Waals surface area contributed by atoms with Gasteiger partial charge in [-0.3, -0.25) is 0 Å².